The molecule has 0 aromatic heterocycles. The van der Waals surface area contributed by atoms with Crippen LogP contribution in [0.3, 0.4) is 0 Å². The van der Waals surface area contributed by atoms with Gasteiger partial charge in [0.05, 0.1) is 12.0 Å². The molecule has 6 heteroatoms. The Labute approximate surface area is 185 Å². The highest BCUT2D eigenvalue weighted by molar-refractivity contribution is 8.18. The lowest BCUT2D eigenvalue weighted by Gasteiger charge is -2.12. The lowest BCUT2D eigenvalue weighted by Crippen LogP contribution is -2.28. The van der Waals surface area contributed by atoms with Gasteiger partial charge in [0.1, 0.15) is 6.61 Å². The summed E-state index contributed by atoms with van der Waals surface area (Å²) in [6.07, 6.45) is 2.46. The van der Waals surface area contributed by atoms with Crippen molar-refractivity contribution in [2.75, 3.05) is 13.7 Å². The van der Waals surface area contributed by atoms with Gasteiger partial charge in [-0.2, -0.15) is 0 Å². The summed E-state index contributed by atoms with van der Waals surface area (Å²) in [6, 6.07) is 19.9. The monoisotopic (exact) mass is 433 g/mol. The Balaban J connectivity index is 1.50. The lowest BCUT2D eigenvalue weighted by molar-refractivity contribution is -0.122. The van der Waals surface area contributed by atoms with E-state index in [0.717, 1.165) is 29.3 Å². The summed E-state index contributed by atoms with van der Waals surface area (Å²) in [5.74, 6) is 0.946. The van der Waals surface area contributed by atoms with E-state index >= 15 is 0 Å². The van der Waals surface area contributed by atoms with Crippen molar-refractivity contribution in [3.63, 3.8) is 0 Å². The molecule has 0 bridgehead atoms. The number of amides is 2. The van der Waals surface area contributed by atoms with Gasteiger partial charge in [-0.05, 0) is 64.4 Å². The van der Waals surface area contributed by atoms with E-state index in [1.54, 1.807) is 13.2 Å². The van der Waals surface area contributed by atoms with E-state index in [-0.39, 0.29) is 11.1 Å². The molecule has 0 N–H and O–H groups in total. The zero-order chi connectivity index (χ0) is 21.8. The zero-order valence-corrected chi connectivity index (χ0v) is 18.3. The van der Waals surface area contributed by atoms with Crippen molar-refractivity contribution < 1.29 is 19.1 Å². The molecule has 3 aromatic rings. The fraction of sp³-hybridized carbons (Fsp3) is 0.200. The molecule has 0 spiro atoms. The number of benzene rings is 3. The Bertz CT molecular complexity index is 1170. The first-order valence-electron chi connectivity index (χ1n) is 10.1. The Morgan fingerprint density at radius 2 is 1.77 bits per heavy atom. The predicted octanol–water partition coefficient (Wildman–Crippen LogP) is 5.87. The smallest absolute Gasteiger partial charge is 0.293 e. The van der Waals surface area contributed by atoms with Crippen LogP contribution < -0.4 is 9.47 Å². The van der Waals surface area contributed by atoms with Crippen LogP contribution in [0.1, 0.15) is 24.5 Å². The SMILES string of the molecule is CCCN1C(=O)S/C(=C/c2ccc(OCc3ccc4ccccc4c3)c(OC)c2)C1=O. The highest BCUT2D eigenvalue weighted by Crippen LogP contribution is 2.35. The summed E-state index contributed by atoms with van der Waals surface area (Å²) >= 11 is 0.969. The molecule has 0 saturated carbocycles. The Morgan fingerprint density at radius 1 is 0.968 bits per heavy atom. The molecule has 0 atom stereocenters. The largest absolute Gasteiger partial charge is 0.493 e. The maximum Gasteiger partial charge on any atom is 0.293 e. The summed E-state index contributed by atoms with van der Waals surface area (Å²) in [7, 11) is 1.58. The number of hydrogen-bond donors (Lipinski definition) is 0. The van der Waals surface area contributed by atoms with Crippen LogP contribution in [-0.4, -0.2) is 29.7 Å². The van der Waals surface area contributed by atoms with Gasteiger partial charge in [-0.15, -0.1) is 0 Å². The molecule has 3 aromatic carbocycles. The van der Waals surface area contributed by atoms with E-state index in [9.17, 15) is 9.59 Å². The quantitative estimate of drug-likeness (QED) is 0.436. The van der Waals surface area contributed by atoms with Crippen molar-refractivity contribution >= 4 is 39.8 Å². The van der Waals surface area contributed by atoms with Crippen LogP contribution >= 0.6 is 11.8 Å². The number of imide groups is 1. The van der Waals surface area contributed by atoms with Crippen LogP contribution in [0.4, 0.5) is 4.79 Å². The molecule has 1 aliphatic rings. The summed E-state index contributed by atoms with van der Waals surface area (Å²) in [4.78, 5) is 26.2. The van der Waals surface area contributed by atoms with E-state index in [4.69, 9.17) is 9.47 Å². The van der Waals surface area contributed by atoms with E-state index < -0.39 is 0 Å². The van der Waals surface area contributed by atoms with Crippen molar-refractivity contribution in [1.29, 1.82) is 0 Å². The predicted molar refractivity (Wildman–Crippen MR) is 124 cm³/mol. The van der Waals surface area contributed by atoms with Gasteiger partial charge in [0.2, 0.25) is 0 Å². The number of nitrogens with zero attached hydrogens (tertiary/aromatic N) is 1. The van der Waals surface area contributed by atoms with Crippen molar-refractivity contribution in [2.45, 2.75) is 20.0 Å². The lowest BCUT2D eigenvalue weighted by atomic mass is 10.1. The van der Waals surface area contributed by atoms with E-state index in [1.165, 1.54) is 15.7 Å². The Hall–Kier alpha value is -3.25. The fourth-order valence-corrected chi connectivity index (χ4v) is 4.32. The second kappa shape index (κ2) is 9.27. The number of rotatable bonds is 7. The van der Waals surface area contributed by atoms with Crippen LogP contribution in [0.15, 0.2) is 65.6 Å². The third-order valence-electron chi connectivity index (χ3n) is 5.01. The van der Waals surface area contributed by atoms with Gasteiger partial charge < -0.3 is 9.47 Å². The fourth-order valence-electron chi connectivity index (χ4n) is 3.45. The number of fused-ring (bicyclic) bond motifs is 1. The topological polar surface area (TPSA) is 55.8 Å². The third kappa shape index (κ3) is 4.59. The van der Waals surface area contributed by atoms with E-state index in [0.29, 0.717) is 29.6 Å². The third-order valence-corrected chi connectivity index (χ3v) is 5.92. The average Bonchev–Trinajstić information content (AvgIpc) is 3.05. The molecule has 1 saturated heterocycles. The summed E-state index contributed by atoms with van der Waals surface area (Å²) in [5, 5.41) is 2.14. The maximum absolute atomic E-state index is 12.4. The molecule has 31 heavy (non-hydrogen) atoms. The first-order chi connectivity index (χ1) is 15.1. The minimum atomic E-state index is -0.243. The summed E-state index contributed by atoms with van der Waals surface area (Å²) in [5.41, 5.74) is 1.84. The molecule has 1 fully saturated rings. The Morgan fingerprint density at radius 3 is 2.55 bits per heavy atom. The minimum Gasteiger partial charge on any atom is -0.493 e. The maximum atomic E-state index is 12.4. The second-order valence-corrected chi connectivity index (χ2v) is 8.21. The van der Waals surface area contributed by atoms with Gasteiger partial charge >= 0.3 is 0 Å². The molecule has 4 rings (SSSR count). The van der Waals surface area contributed by atoms with Crippen molar-refractivity contribution in [3.05, 3.63) is 76.7 Å². The second-order valence-electron chi connectivity index (χ2n) is 7.21. The van der Waals surface area contributed by atoms with Gasteiger partial charge in [0.25, 0.3) is 11.1 Å². The summed E-state index contributed by atoms with van der Waals surface area (Å²) < 4.78 is 11.5. The number of hydrogen-bond acceptors (Lipinski definition) is 5. The first-order valence-corrected chi connectivity index (χ1v) is 10.9. The number of methoxy groups -OCH3 is 1. The number of ether oxygens (including phenoxy) is 2. The molecule has 5 nitrogen and oxygen atoms in total. The molecular weight excluding hydrogens is 410 g/mol. The van der Waals surface area contributed by atoms with Gasteiger partial charge in [-0.1, -0.05) is 49.4 Å². The Kier molecular flexibility index (Phi) is 6.28. The van der Waals surface area contributed by atoms with E-state index in [2.05, 4.69) is 30.3 Å². The van der Waals surface area contributed by atoms with Gasteiger partial charge in [-0.3, -0.25) is 14.5 Å². The van der Waals surface area contributed by atoms with Crippen LogP contribution in [0, 0.1) is 0 Å². The molecule has 0 radical (unpaired) electrons. The standard InChI is InChI=1S/C25H23NO4S/c1-3-12-26-24(27)23(31-25(26)28)15-17-9-11-21(22(14-17)29-2)30-16-18-8-10-19-6-4-5-7-20(19)13-18/h4-11,13-15H,3,12,16H2,1-2H3/b23-15+. The average molecular weight is 434 g/mol. The molecule has 1 heterocycles. The zero-order valence-electron chi connectivity index (χ0n) is 17.5. The van der Waals surface area contributed by atoms with E-state index in [1.807, 2.05) is 37.3 Å². The van der Waals surface area contributed by atoms with Crippen molar-refractivity contribution in [1.82, 2.24) is 4.90 Å². The molecular formula is C25H23NO4S. The highest BCUT2D eigenvalue weighted by Gasteiger charge is 2.34. The number of carbonyl (C=O) groups is 2. The minimum absolute atomic E-state index is 0.222. The van der Waals surface area contributed by atoms with Gasteiger partial charge in [0, 0.05) is 6.54 Å². The molecule has 1 aliphatic heterocycles. The molecule has 2 amide bonds. The molecule has 0 unspecified atom stereocenters. The highest BCUT2D eigenvalue weighted by atomic mass is 32.2. The molecule has 158 valence electrons. The van der Waals surface area contributed by atoms with Crippen LogP contribution in [0.5, 0.6) is 11.5 Å². The van der Waals surface area contributed by atoms with Crippen LogP contribution in [-0.2, 0) is 11.4 Å². The molecule has 0 aliphatic carbocycles. The van der Waals surface area contributed by atoms with Gasteiger partial charge in [-0.25, -0.2) is 0 Å². The normalized spacial score (nSPS) is 15.2. The van der Waals surface area contributed by atoms with Crippen LogP contribution in [0.25, 0.3) is 16.8 Å². The van der Waals surface area contributed by atoms with Crippen molar-refractivity contribution in [2.24, 2.45) is 0 Å². The number of thioether (sulfide) groups is 1. The van der Waals surface area contributed by atoms with Gasteiger partial charge in [0.15, 0.2) is 11.5 Å². The van der Waals surface area contributed by atoms with Crippen LogP contribution in [0.2, 0.25) is 0 Å². The summed E-state index contributed by atoms with van der Waals surface area (Å²) in [6.45, 7) is 2.79. The number of carbonyl (C=O) groups excluding carboxylic acids is 2. The van der Waals surface area contributed by atoms with Crippen molar-refractivity contribution in [3.8, 4) is 11.5 Å². The first kappa shape index (κ1) is 21.0.